The lowest BCUT2D eigenvalue weighted by atomic mass is 9.52. The third-order valence-corrected chi connectivity index (χ3v) is 6.06. The van der Waals surface area contributed by atoms with Crippen LogP contribution in [0.15, 0.2) is 18.2 Å². The van der Waals surface area contributed by atoms with Gasteiger partial charge >= 0.3 is 0 Å². The predicted molar refractivity (Wildman–Crippen MR) is 88.1 cm³/mol. The molecule has 1 fully saturated rings. The van der Waals surface area contributed by atoms with Crippen LogP contribution in [0.5, 0.6) is 0 Å². The second-order valence-electron chi connectivity index (χ2n) is 7.77. The van der Waals surface area contributed by atoms with E-state index in [1.165, 1.54) is 30.4 Å². The Kier molecular flexibility index (Phi) is 3.12. The van der Waals surface area contributed by atoms with Crippen molar-refractivity contribution in [1.29, 1.82) is 0 Å². The maximum atomic E-state index is 2.53. The Hall–Kier alpha value is -1.04. The Balaban J connectivity index is 2.21. The van der Waals surface area contributed by atoms with Gasteiger partial charge in [0.2, 0.25) is 0 Å². The molecule has 20 heavy (non-hydrogen) atoms. The van der Waals surface area contributed by atoms with Crippen LogP contribution in [0.2, 0.25) is 0 Å². The summed E-state index contributed by atoms with van der Waals surface area (Å²) in [4.78, 5) is 0. The van der Waals surface area contributed by atoms with Crippen molar-refractivity contribution in [3.63, 3.8) is 0 Å². The molecule has 0 heterocycles. The van der Waals surface area contributed by atoms with E-state index in [1.807, 2.05) is 0 Å². The normalized spacial score (nSPS) is 30.8. The summed E-state index contributed by atoms with van der Waals surface area (Å²) in [5.41, 5.74) is 6.92. The van der Waals surface area contributed by atoms with E-state index in [1.54, 1.807) is 11.1 Å². The first-order chi connectivity index (χ1) is 9.40. The Morgan fingerprint density at radius 2 is 1.90 bits per heavy atom. The molecule has 0 bridgehead atoms. The van der Waals surface area contributed by atoms with Crippen molar-refractivity contribution in [2.24, 2.45) is 11.3 Å². The van der Waals surface area contributed by atoms with E-state index in [0.29, 0.717) is 16.7 Å². The van der Waals surface area contributed by atoms with E-state index in [2.05, 4.69) is 58.9 Å². The molecule has 2 aliphatic carbocycles. The highest BCUT2D eigenvalue weighted by Gasteiger charge is 2.48. The lowest BCUT2D eigenvalue weighted by Crippen LogP contribution is -2.45. The van der Waals surface area contributed by atoms with E-state index in [-0.39, 0.29) is 0 Å². The largest absolute Gasteiger partial charge is 0.0794 e. The molecule has 0 heteroatoms. The second kappa shape index (κ2) is 4.48. The summed E-state index contributed by atoms with van der Waals surface area (Å²) < 4.78 is 0. The van der Waals surface area contributed by atoms with Crippen molar-refractivity contribution in [2.45, 2.75) is 65.7 Å². The average molecular weight is 268 g/mol. The molecule has 0 spiro atoms. The molecule has 1 saturated carbocycles. The van der Waals surface area contributed by atoms with Gasteiger partial charge in [-0.25, -0.2) is 0 Å². The van der Waals surface area contributed by atoms with Crippen molar-refractivity contribution >= 4 is 6.08 Å². The summed E-state index contributed by atoms with van der Waals surface area (Å²) in [5, 5.41) is 0. The van der Waals surface area contributed by atoms with E-state index < -0.39 is 0 Å². The first-order valence-electron chi connectivity index (χ1n) is 8.21. The molecule has 1 aromatic rings. The van der Waals surface area contributed by atoms with Crippen molar-refractivity contribution in [2.75, 3.05) is 0 Å². The summed E-state index contributed by atoms with van der Waals surface area (Å²) in [5.74, 6) is 0.684. The van der Waals surface area contributed by atoms with Gasteiger partial charge in [-0.1, -0.05) is 58.4 Å². The maximum absolute atomic E-state index is 2.53. The molecule has 0 N–H and O–H groups in total. The molecule has 3 rings (SSSR count). The number of hydrogen-bond donors (Lipinski definition) is 0. The zero-order valence-corrected chi connectivity index (χ0v) is 13.7. The molecule has 2 aliphatic rings. The minimum absolute atomic E-state index is 0.337. The van der Waals surface area contributed by atoms with Gasteiger partial charge in [0.1, 0.15) is 0 Å². The van der Waals surface area contributed by atoms with Gasteiger partial charge < -0.3 is 0 Å². The zero-order valence-electron chi connectivity index (χ0n) is 13.7. The highest BCUT2D eigenvalue weighted by Crippen LogP contribution is 2.56. The minimum Gasteiger partial charge on any atom is -0.0794 e. The summed E-state index contributed by atoms with van der Waals surface area (Å²) in [6, 6.07) is 4.77. The Morgan fingerprint density at radius 3 is 2.60 bits per heavy atom. The quantitative estimate of drug-likeness (QED) is 0.615. The van der Waals surface area contributed by atoms with E-state index in [9.17, 15) is 0 Å². The third kappa shape index (κ3) is 1.80. The van der Waals surface area contributed by atoms with Crippen molar-refractivity contribution < 1.29 is 0 Å². The molecule has 0 nitrogen and oxygen atoms in total. The van der Waals surface area contributed by atoms with Gasteiger partial charge in [-0.2, -0.15) is 0 Å². The van der Waals surface area contributed by atoms with Crippen LogP contribution in [-0.4, -0.2) is 0 Å². The van der Waals surface area contributed by atoms with Gasteiger partial charge in [0, 0.05) is 0 Å². The monoisotopic (exact) mass is 268 g/mol. The van der Waals surface area contributed by atoms with Gasteiger partial charge in [-0.15, -0.1) is 0 Å². The van der Waals surface area contributed by atoms with Crippen LogP contribution in [-0.2, 0) is 11.8 Å². The molecule has 0 aromatic heterocycles. The molecule has 0 amide bonds. The van der Waals surface area contributed by atoms with Crippen LogP contribution in [0.3, 0.4) is 0 Å². The van der Waals surface area contributed by atoms with Crippen molar-refractivity contribution in [1.82, 2.24) is 0 Å². The summed E-state index contributed by atoms with van der Waals surface area (Å²) in [6.07, 6.45) is 10.2. The van der Waals surface area contributed by atoms with Crippen LogP contribution in [0.1, 0.15) is 69.2 Å². The first kappa shape index (κ1) is 13.9. The Bertz CT molecular complexity index is 562. The van der Waals surface area contributed by atoms with Crippen LogP contribution < -0.4 is 0 Å². The summed E-state index contributed by atoms with van der Waals surface area (Å²) >= 11 is 0. The van der Waals surface area contributed by atoms with Crippen molar-refractivity contribution in [3.05, 3.63) is 40.5 Å². The molecule has 0 radical (unpaired) electrons. The summed E-state index contributed by atoms with van der Waals surface area (Å²) in [7, 11) is 0. The van der Waals surface area contributed by atoms with Crippen LogP contribution in [0, 0.1) is 18.3 Å². The fourth-order valence-electron chi connectivity index (χ4n) is 4.98. The Labute approximate surface area is 124 Å². The molecule has 1 aromatic carbocycles. The number of hydrogen-bond acceptors (Lipinski definition) is 0. The predicted octanol–water partition coefficient (Wildman–Crippen LogP) is 5.67. The van der Waals surface area contributed by atoms with Crippen LogP contribution in [0.4, 0.5) is 0 Å². The van der Waals surface area contributed by atoms with E-state index in [0.717, 1.165) is 6.42 Å². The number of fused-ring (bicyclic) bond motifs is 3. The van der Waals surface area contributed by atoms with Gasteiger partial charge in [0.05, 0.1) is 0 Å². The fraction of sp³-hybridized carbons (Fsp3) is 0.600. The van der Waals surface area contributed by atoms with Gasteiger partial charge in [0.15, 0.2) is 0 Å². The van der Waals surface area contributed by atoms with Crippen LogP contribution in [0.25, 0.3) is 6.08 Å². The van der Waals surface area contributed by atoms with Gasteiger partial charge in [0.25, 0.3) is 0 Å². The molecule has 108 valence electrons. The third-order valence-electron chi connectivity index (χ3n) is 6.06. The lowest BCUT2D eigenvalue weighted by molar-refractivity contribution is 0.0909. The smallest absolute Gasteiger partial charge is 0.000131 e. The van der Waals surface area contributed by atoms with Crippen LogP contribution >= 0.6 is 0 Å². The highest BCUT2D eigenvalue weighted by atomic mass is 14.5. The second-order valence-corrected chi connectivity index (χ2v) is 7.77. The number of aryl methyl sites for hydroxylation is 1. The van der Waals surface area contributed by atoms with Gasteiger partial charge in [-0.3, -0.25) is 0 Å². The number of rotatable bonds is 1. The first-order valence-corrected chi connectivity index (χ1v) is 8.21. The Morgan fingerprint density at radius 1 is 1.15 bits per heavy atom. The average Bonchev–Trinajstić information content (AvgIpc) is 2.37. The molecule has 0 aliphatic heterocycles. The standard InChI is InChI=1S/C20H28/c1-6-15-14(2)8-10-17-16(15)9-11-18-19(3,4)12-7-13-20(17,18)5/h8-11,18H,6-7,12-13H2,1-5H3/t18-,20+/m0/s1. The fourth-order valence-corrected chi connectivity index (χ4v) is 4.98. The highest BCUT2D eigenvalue weighted by molar-refractivity contribution is 5.65. The van der Waals surface area contributed by atoms with Gasteiger partial charge in [-0.05, 0) is 65.2 Å². The molecule has 2 atom stereocenters. The van der Waals surface area contributed by atoms with E-state index in [4.69, 9.17) is 0 Å². The molecule has 0 saturated heterocycles. The molecular weight excluding hydrogens is 240 g/mol. The molecule has 0 unspecified atom stereocenters. The number of benzene rings is 1. The topological polar surface area (TPSA) is 0 Å². The lowest BCUT2D eigenvalue weighted by Gasteiger charge is -2.52. The summed E-state index contributed by atoms with van der Waals surface area (Å²) in [6.45, 7) is 12.0. The molecular formula is C20H28. The maximum Gasteiger partial charge on any atom is -0.000131 e. The zero-order chi connectivity index (χ0) is 14.5. The van der Waals surface area contributed by atoms with E-state index >= 15 is 0 Å². The van der Waals surface area contributed by atoms with Crippen molar-refractivity contribution in [3.8, 4) is 0 Å². The SMILES string of the molecule is CCc1c(C)ccc2c1C=C[C@H]1C(C)(C)CCC[C@]21C. The number of allylic oxidation sites excluding steroid dienone is 1. The minimum atomic E-state index is 0.337.